The van der Waals surface area contributed by atoms with Gasteiger partial charge in [0.15, 0.2) is 0 Å². The summed E-state index contributed by atoms with van der Waals surface area (Å²) in [5, 5.41) is 0. The molecule has 2 N–H and O–H groups in total. The molecule has 1 heterocycles. The predicted octanol–water partition coefficient (Wildman–Crippen LogP) is 4.19. The fourth-order valence-corrected chi connectivity index (χ4v) is 3.10. The highest BCUT2D eigenvalue weighted by molar-refractivity contribution is 6.28. The Morgan fingerprint density at radius 3 is 2.18 bits per heavy atom. The summed E-state index contributed by atoms with van der Waals surface area (Å²) >= 11 is 0. The van der Waals surface area contributed by atoms with Crippen LogP contribution >= 0.6 is 0 Å². The molecule has 144 valence electrons. The zero-order valence-corrected chi connectivity index (χ0v) is 15.3. The first kappa shape index (κ1) is 19.4. The topological polar surface area (TPSA) is 60.9 Å². The molecule has 2 aromatic carbocycles. The Kier molecular flexibility index (Phi) is 5.09. The van der Waals surface area contributed by atoms with E-state index < -0.39 is 17.6 Å². The normalized spacial score (nSPS) is 12.6. The standard InChI is InChI=1S/C21H18F3N3O/c1-13-26-12-17(27(13)2)19(20(25)28)18(14-8-4-3-5-9-14)15-10-6-7-11-16(15)21(22,23)24/h3-12H,1-2H3,(H2,25,28)/b19-18+. The van der Waals surface area contributed by atoms with Crippen molar-refractivity contribution in [3.63, 3.8) is 0 Å². The zero-order valence-electron chi connectivity index (χ0n) is 15.3. The third-order valence-corrected chi connectivity index (χ3v) is 4.54. The minimum Gasteiger partial charge on any atom is -0.366 e. The second-order valence-corrected chi connectivity index (χ2v) is 6.27. The van der Waals surface area contributed by atoms with E-state index in [-0.39, 0.29) is 16.7 Å². The van der Waals surface area contributed by atoms with E-state index in [1.807, 2.05) is 0 Å². The number of nitrogens with two attached hydrogens (primary N) is 1. The van der Waals surface area contributed by atoms with Gasteiger partial charge in [-0.15, -0.1) is 0 Å². The maximum absolute atomic E-state index is 13.7. The number of hydrogen-bond donors (Lipinski definition) is 1. The summed E-state index contributed by atoms with van der Waals surface area (Å²) in [4.78, 5) is 16.6. The van der Waals surface area contributed by atoms with Crippen molar-refractivity contribution in [1.82, 2.24) is 9.55 Å². The molecule has 3 rings (SSSR count). The van der Waals surface area contributed by atoms with E-state index in [9.17, 15) is 18.0 Å². The zero-order chi connectivity index (χ0) is 20.5. The molecule has 0 radical (unpaired) electrons. The molecule has 7 heteroatoms. The number of amides is 1. The Morgan fingerprint density at radius 2 is 1.64 bits per heavy atom. The van der Waals surface area contributed by atoms with E-state index in [0.29, 0.717) is 17.1 Å². The Bertz CT molecular complexity index is 1050. The van der Waals surface area contributed by atoms with Gasteiger partial charge in [-0.3, -0.25) is 4.79 Å². The van der Waals surface area contributed by atoms with Crippen molar-refractivity contribution in [2.45, 2.75) is 13.1 Å². The molecular weight excluding hydrogens is 367 g/mol. The van der Waals surface area contributed by atoms with Crippen LogP contribution in [0.15, 0.2) is 60.8 Å². The van der Waals surface area contributed by atoms with Crippen LogP contribution in [0.5, 0.6) is 0 Å². The number of benzene rings is 2. The van der Waals surface area contributed by atoms with Gasteiger partial charge in [0.2, 0.25) is 0 Å². The second kappa shape index (κ2) is 7.34. The van der Waals surface area contributed by atoms with Crippen LogP contribution in [0, 0.1) is 6.92 Å². The molecule has 0 saturated carbocycles. The van der Waals surface area contributed by atoms with E-state index in [4.69, 9.17) is 5.73 Å². The number of nitrogens with zero attached hydrogens (tertiary/aromatic N) is 2. The van der Waals surface area contributed by atoms with Crippen molar-refractivity contribution < 1.29 is 18.0 Å². The first-order valence-corrected chi connectivity index (χ1v) is 8.46. The molecule has 0 bridgehead atoms. The van der Waals surface area contributed by atoms with Crippen LogP contribution < -0.4 is 5.73 Å². The minimum absolute atomic E-state index is 0.0222. The third kappa shape index (κ3) is 3.55. The Labute approximate surface area is 160 Å². The van der Waals surface area contributed by atoms with Crippen LogP contribution in [0.1, 0.15) is 28.2 Å². The first-order valence-electron chi connectivity index (χ1n) is 8.46. The molecule has 0 fully saturated rings. The lowest BCUT2D eigenvalue weighted by atomic mass is 9.88. The molecule has 0 aliphatic rings. The number of alkyl halides is 3. The van der Waals surface area contributed by atoms with Crippen LogP contribution in [-0.4, -0.2) is 15.5 Å². The number of aromatic nitrogens is 2. The van der Waals surface area contributed by atoms with Crippen molar-refractivity contribution in [3.05, 3.63) is 89.0 Å². The average Bonchev–Trinajstić information content (AvgIpc) is 2.98. The Balaban J connectivity index is 2.47. The van der Waals surface area contributed by atoms with Gasteiger partial charge in [-0.25, -0.2) is 4.98 Å². The Hall–Kier alpha value is -3.35. The lowest BCUT2D eigenvalue weighted by molar-refractivity contribution is -0.137. The fraction of sp³-hybridized carbons (Fsp3) is 0.143. The predicted molar refractivity (Wildman–Crippen MR) is 101 cm³/mol. The maximum Gasteiger partial charge on any atom is 0.417 e. The molecule has 0 unspecified atom stereocenters. The summed E-state index contributed by atoms with van der Waals surface area (Å²) in [6, 6.07) is 13.6. The van der Waals surface area contributed by atoms with Gasteiger partial charge in [-0.1, -0.05) is 48.5 Å². The number of rotatable bonds is 4. The van der Waals surface area contributed by atoms with E-state index in [2.05, 4.69) is 4.98 Å². The van der Waals surface area contributed by atoms with Crippen LogP contribution in [-0.2, 0) is 18.0 Å². The highest BCUT2D eigenvalue weighted by Gasteiger charge is 2.35. The highest BCUT2D eigenvalue weighted by atomic mass is 19.4. The summed E-state index contributed by atoms with van der Waals surface area (Å²) < 4.78 is 42.8. The molecule has 0 atom stereocenters. The molecule has 0 aliphatic carbocycles. The average molecular weight is 385 g/mol. The summed E-state index contributed by atoms with van der Waals surface area (Å²) in [5.41, 5.74) is 5.60. The SMILES string of the molecule is Cc1ncc(/C(C(N)=O)=C(/c2ccccc2)c2ccccc2C(F)(F)F)n1C. The molecular formula is C21H18F3N3O. The van der Waals surface area contributed by atoms with Crippen molar-refractivity contribution in [2.24, 2.45) is 12.8 Å². The number of carbonyl (C=O) groups is 1. The summed E-state index contributed by atoms with van der Waals surface area (Å²) in [6.07, 6.45) is -3.16. The molecule has 0 spiro atoms. The molecule has 28 heavy (non-hydrogen) atoms. The van der Waals surface area contributed by atoms with Gasteiger partial charge in [-0.2, -0.15) is 13.2 Å². The minimum atomic E-state index is -4.60. The molecule has 0 saturated heterocycles. The number of carbonyl (C=O) groups excluding carboxylic acids is 1. The van der Waals surface area contributed by atoms with Crippen molar-refractivity contribution in [1.29, 1.82) is 0 Å². The van der Waals surface area contributed by atoms with E-state index >= 15 is 0 Å². The van der Waals surface area contributed by atoms with Gasteiger partial charge in [0.25, 0.3) is 5.91 Å². The number of imidazole rings is 1. The lowest BCUT2D eigenvalue weighted by Gasteiger charge is -2.19. The van der Waals surface area contributed by atoms with Gasteiger partial charge in [0.1, 0.15) is 5.82 Å². The monoisotopic (exact) mass is 385 g/mol. The summed E-state index contributed by atoms with van der Waals surface area (Å²) in [7, 11) is 1.68. The van der Waals surface area contributed by atoms with E-state index in [0.717, 1.165) is 6.07 Å². The number of hydrogen-bond acceptors (Lipinski definition) is 2. The lowest BCUT2D eigenvalue weighted by Crippen LogP contribution is -2.18. The van der Waals surface area contributed by atoms with Gasteiger partial charge >= 0.3 is 6.18 Å². The van der Waals surface area contributed by atoms with Crippen LogP contribution in [0.4, 0.5) is 13.2 Å². The Morgan fingerprint density at radius 1 is 1.04 bits per heavy atom. The quantitative estimate of drug-likeness (QED) is 0.685. The van der Waals surface area contributed by atoms with Crippen LogP contribution in [0.3, 0.4) is 0 Å². The smallest absolute Gasteiger partial charge is 0.366 e. The number of aryl methyl sites for hydroxylation is 1. The van der Waals surface area contributed by atoms with E-state index in [1.54, 1.807) is 48.9 Å². The second-order valence-electron chi connectivity index (χ2n) is 6.27. The van der Waals surface area contributed by atoms with Gasteiger partial charge in [0.05, 0.1) is 23.0 Å². The molecule has 1 amide bonds. The van der Waals surface area contributed by atoms with Gasteiger partial charge in [0, 0.05) is 12.6 Å². The first-order chi connectivity index (χ1) is 13.2. The molecule has 1 aromatic heterocycles. The van der Waals surface area contributed by atoms with Gasteiger partial charge in [-0.05, 0) is 24.1 Å². The maximum atomic E-state index is 13.7. The number of halogens is 3. The number of primary amides is 1. The van der Waals surface area contributed by atoms with Gasteiger partial charge < -0.3 is 10.3 Å². The fourth-order valence-electron chi connectivity index (χ4n) is 3.10. The molecule has 4 nitrogen and oxygen atoms in total. The van der Waals surface area contributed by atoms with Crippen LogP contribution in [0.25, 0.3) is 11.1 Å². The van der Waals surface area contributed by atoms with Crippen molar-refractivity contribution in [2.75, 3.05) is 0 Å². The van der Waals surface area contributed by atoms with Crippen molar-refractivity contribution in [3.8, 4) is 0 Å². The van der Waals surface area contributed by atoms with Crippen LogP contribution in [0.2, 0.25) is 0 Å². The van der Waals surface area contributed by atoms with E-state index in [1.165, 1.54) is 24.4 Å². The highest BCUT2D eigenvalue weighted by Crippen LogP contribution is 2.40. The summed E-state index contributed by atoms with van der Waals surface area (Å²) in [6.45, 7) is 1.73. The molecule has 3 aromatic rings. The van der Waals surface area contributed by atoms with Crippen molar-refractivity contribution >= 4 is 17.1 Å². The summed E-state index contributed by atoms with van der Waals surface area (Å²) in [5.74, 6) is -0.232. The molecule has 0 aliphatic heterocycles. The largest absolute Gasteiger partial charge is 0.417 e. The third-order valence-electron chi connectivity index (χ3n) is 4.54.